The lowest BCUT2D eigenvalue weighted by Crippen LogP contribution is -2.33. The van der Waals surface area contributed by atoms with Crippen LogP contribution in [0.15, 0.2) is 21.2 Å². The molecule has 5 heteroatoms. The van der Waals surface area contributed by atoms with E-state index in [1.54, 1.807) is 17.0 Å². The van der Waals surface area contributed by atoms with Crippen molar-refractivity contribution < 1.29 is 13.9 Å². The monoisotopic (exact) mass is 289 g/mol. The molecule has 1 rings (SSSR count). The van der Waals surface area contributed by atoms with Crippen molar-refractivity contribution in [2.24, 2.45) is 0 Å². The fraction of sp³-hybridized carbons (Fsp3) is 0.545. The predicted octanol–water partition coefficient (Wildman–Crippen LogP) is 2.54. The van der Waals surface area contributed by atoms with Crippen LogP contribution >= 0.6 is 15.9 Å². The second kappa shape index (κ2) is 6.70. The summed E-state index contributed by atoms with van der Waals surface area (Å²) in [6.07, 6.45) is 0. The fourth-order valence-corrected chi connectivity index (χ4v) is 1.61. The molecule has 0 atom stereocenters. The molecule has 0 aliphatic carbocycles. The first-order valence-corrected chi connectivity index (χ1v) is 6.10. The Hall–Kier alpha value is -0.810. The minimum absolute atomic E-state index is 0.104. The fourth-order valence-electron chi connectivity index (χ4n) is 1.31. The van der Waals surface area contributed by atoms with Crippen LogP contribution in [-0.2, 0) is 4.74 Å². The summed E-state index contributed by atoms with van der Waals surface area (Å²) in [7, 11) is 0. The number of carbonyl (C=O) groups excluding carboxylic acids is 1. The highest BCUT2D eigenvalue weighted by Gasteiger charge is 2.17. The Balaban J connectivity index is 2.55. The molecule has 1 aromatic rings. The molecule has 4 nitrogen and oxygen atoms in total. The maximum atomic E-state index is 11.9. The van der Waals surface area contributed by atoms with E-state index in [0.29, 0.717) is 36.7 Å². The number of rotatable bonds is 6. The molecule has 1 amide bonds. The summed E-state index contributed by atoms with van der Waals surface area (Å²) < 4.78 is 11.0. The zero-order chi connectivity index (χ0) is 12.0. The summed E-state index contributed by atoms with van der Waals surface area (Å²) in [5.41, 5.74) is 0. The predicted molar refractivity (Wildman–Crippen MR) is 64.5 cm³/mol. The topological polar surface area (TPSA) is 42.7 Å². The van der Waals surface area contributed by atoms with Gasteiger partial charge in [-0.15, -0.1) is 0 Å². The van der Waals surface area contributed by atoms with E-state index in [9.17, 15) is 4.79 Å². The zero-order valence-electron chi connectivity index (χ0n) is 9.53. The third kappa shape index (κ3) is 3.64. The van der Waals surface area contributed by atoms with Gasteiger partial charge in [0, 0.05) is 19.7 Å². The van der Waals surface area contributed by atoms with Crippen molar-refractivity contribution in [3.05, 3.63) is 22.6 Å². The first kappa shape index (κ1) is 13.3. The van der Waals surface area contributed by atoms with Crippen LogP contribution in [-0.4, -0.2) is 37.1 Å². The Morgan fingerprint density at radius 1 is 1.50 bits per heavy atom. The van der Waals surface area contributed by atoms with Crippen molar-refractivity contribution in [1.82, 2.24) is 4.90 Å². The van der Waals surface area contributed by atoms with Crippen molar-refractivity contribution in [2.45, 2.75) is 13.8 Å². The Kier molecular flexibility index (Phi) is 5.55. The van der Waals surface area contributed by atoms with Crippen LogP contribution in [0, 0.1) is 0 Å². The van der Waals surface area contributed by atoms with Gasteiger partial charge in [-0.1, -0.05) is 0 Å². The first-order valence-electron chi connectivity index (χ1n) is 5.31. The molecule has 1 aromatic heterocycles. The van der Waals surface area contributed by atoms with Gasteiger partial charge >= 0.3 is 0 Å². The summed E-state index contributed by atoms with van der Waals surface area (Å²) >= 11 is 3.17. The molecule has 0 saturated carbocycles. The Morgan fingerprint density at radius 2 is 2.25 bits per heavy atom. The zero-order valence-corrected chi connectivity index (χ0v) is 11.1. The number of nitrogens with zero attached hydrogens (tertiary/aromatic N) is 1. The summed E-state index contributed by atoms with van der Waals surface area (Å²) in [5, 5.41) is 0. The minimum atomic E-state index is -0.104. The molecule has 0 radical (unpaired) electrons. The van der Waals surface area contributed by atoms with Gasteiger partial charge in [0.25, 0.3) is 5.91 Å². The van der Waals surface area contributed by atoms with Gasteiger partial charge in [-0.3, -0.25) is 4.79 Å². The molecule has 0 saturated heterocycles. The van der Waals surface area contributed by atoms with Crippen molar-refractivity contribution in [3.63, 3.8) is 0 Å². The smallest absolute Gasteiger partial charge is 0.289 e. The lowest BCUT2D eigenvalue weighted by Gasteiger charge is -2.19. The van der Waals surface area contributed by atoms with E-state index in [4.69, 9.17) is 9.15 Å². The highest BCUT2D eigenvalue weighted by Crippen LogP contribution is 2.15. The number of hydrogen-bond donors (Lipinski definition) is 0. The summed E-state index contributed by atoms with van der Waals surface area (Å²) in [4.78, 5) is 13.6. The maximum absolute atomic E-state index is 11.9. The summed E-state index contributed by atoms with van der Waals surface area (Å²) in [6.45, 7) is 6.31. The van der Waals surface area contributed by atoms with Crippen LogP contribution in [0.5, 0.6) is 0 Å². The van der Waals surface area contributed by atoms with Crippen LogP contribution in [0.4, 0.5) is 0 Å². The standard InChI is InChI=1S/C11H16BrNO3/c1-3-13(7-8-15-4-2)11(14)9-5-6-10(12)16-9/h5-6H,3-4,7-8H2,1-2H3. The largest absolute Gasteiger partial charge is 0.444 e. The molecule has 0 aromatic carbocycles. The SMILES string of the molecule is CCOCCN(CC)C(=O)c1ccc(Br)o1. The molecule has 90 valence electrons. The molecule has 0 aliphatic rings. The van der Waals surface area contributed by atoms with Gasteiger partial charge in [0.1, 0.15) is 0 Å². The Bertz CT molecular complexity index is 338. The molecule has 0 fully saturated rings. The van der Waals surface area contributed by atoms with Gasteiger partial charge in [0.15, 0.2) is 10.4 Å². The summed E-state index contributed by atoms with van der Waals surface area (Å²) in [6, 6.07) is 3.37. The highest BCUT2D eigenvalue weighted by atomic mass is 79.9. The highest BCUT2D eigenvalue weighted by molar-refractivity contribution is 9.10. The van der Waals surface area contributed by atoms with Gasteiger partial charge in [-0.05, 0) is 41.9 Å². The molecular formula is C11H16BrNO3. The average Bonchev–Trinajstić information content (AvgIpc) is 2.70. The maximum Gasteiger partial charge on any atom is 0.289 e. The van der Waals surface area contributed by atoms with Gasteiger partial charge in [0.05, 0.1) is 6.61 Å². The van der Waals surface area contributed by atoms with E-state index in [2.05, 4.69) is 15.9 Å². The van der Waals surface area contributed by atoms with E-state index >= 15 is 0 Å². The number of likely N-dealkylation sites (N-methyl/N-ethyl adjacent to an activating group) is 1. The number of halogens is 1. The Labute approximate surface area is 104 Å². The quantitative estimate of drug-likeness (QED) is 0.756. The van der Waals surface area contributed by atoms with Crippen LogP contribution in [0.1, 0.15) is 24.4 Å². The van der Waals surface area contributed by atoms with Crippen LogP contribution < -0.4 is 0 Å². The number of carbonyl (C=O) groups is 1. The molecule has 0 N–H and O–H groups in total. The summed E-state index contributed by atoms with van der Waals surface area (Å²) in [5.74, 6) is 0.248. The molecule has 0 aliphatic heterocycles. The van der Waals surface area contributed by atoms with E-state index in [1.165, 1.54) is 0 Å². The number of amides is 1. The van der Waals surface area contributed by atoms with Gasteiger partial charge in [0.2, 0.25) is 0 Å². The van der Waals surface area contributed by atoms with Crippen molar-refractivity contribution in [1.29, 1.82) is 0 Å². The third-order valence-corrected chi connectivity index (χ3v) is 2.59. The molecule has 0 bridgehead atoms. The van der Waals surface area contributed by atoms with Crippen molar-refractivity contribution in [2.75, 3.05) is 26.3 Å². The van der Waals surface area contributed by atoms with Crippen molar-refractivity contribution >= 4 is 21.8 Å². The van der Waals surface area contributed by atoms with E-state index < -0.39 is 0 Å². The number of ether oxygens (including phenoxy) is 1. The molecule has 16 heavy (non-hydrogen) atoms. The van der Waals surface area contributed by atoms with Gasteiger partial charge in [-0.25, -0.2) is 0 Å². The molecule has 0 spiro atoms. The first-order chi connectivity index (χ1) is 7.69. The van der Waals surface area contributed by atoms with Gasteiger partial charge < -0.3 is 14.1 Å². The van der Waals surface area contributed by atoms with E-state index in [-0.39, 0.29) is 5.91 Å². The second-order valence-corrected chi connectivity index (χ2v) is 3.97. The Morgan fingerprint density at radius 3 is 2.75 bits per heavy atom. The second-order valence-electron chi connectivity index (χ2n) is 3.19. The molecule has 0 unspecified atom stereocenters. The average molecular weight is 290 g/mol. The van der Waals surface area contributed by atoms with Crippen LogP contribution in [0.2, 0.25) is 0 Å². The molecule has 1 heterocycles. The lowest BCUT2D eigenvalue weighted by molar-refractivity contribution is 0.0639. The van der Waals surface area contributed by atoms with Crippen molar-refractivity contribution in [3.8, 4) is 0 Å². The van der Waals surface area contributed by atoms with E-state index in [0.717, 1.165) is 0 Å². The lowest BCUT2D eigenvalue weighted by atomic mass is 10.3. The normalized spacial score (nSPS) is 10.4. The third-order valence-electron chi connectivity index (χ3n) is 2.16. The van der Waals surface area contributed by atoms with E-state index in [1.807, 2.05) is 13.8 Å². The minimum Gasteiger partial charge on any atom is -0.444 e. The van der Waals surface area contributed by atoms with Gasteiger partial charge in [-0.2, -0.15) is 0 Å². The van der Waals surface area contributed by atoms with Crippen LogP contribution in [0.3, 0.4) is 0 Å². The molecular weight excluding hydrogens is 274 g/mol. The number of furan rings is 1. The van der Waals surface area contributed by atoms with Crippen LogP contribution in [0.25, 0.3) is 0 Å². The number of hydrogen-bond acceptors (Lipinski definition) is 3.